The molecule has 1 unspecified atom stereocenters. The van der Waals surface area contributed by atoms with E-state index < -0.39 is 11.6 Å². The summed E-state index contributed by atoms with van der Waals surface area (Å²) in [6, 6.07) is 2.67. The van der Waals surface area contributed by atoms with Crippen molar-refractivity contribution in [1.82, 2.24) is 0 Å². The fraction of sp³-hybridized carbons (Fsp3) is 0.444. The highest BCUT2D eigenvalue weighted by molar-refractivity contribution is 5.68. The van der Waals surface area contributed by atoms with E-state index in [1.54, 1.807) is 0 Å². The lowest BCUT2D eigenvalue weighted by Crippen LogP contribution is -2.06. The van der Waals surface area contributed by atoms with E-state index in [0.29, 0.717) is 0 Å². The molecular weight excluding hydrogens is 254 g/mol. The minimum absolute atomic E-state index is 0.737. The SMILES string of the molecule is CCCC1CC=C(C2=Cc3cc(F)c(F)cc3C2)CC1. The number of hydrogen-bond donors (Lipinski definition) is 0. The Morgan fingerprint density at radius 3 is 2.65 bits per heavy atom. The van der Waals surface area contributed by atoms with Gasteiger partial charge in [-0.05, 0) is 66.0 Å². The predicted octanol–water partition coefficient (Wildman–Crippen LogP) is 5.43. The summed E-state index contributed by atoms with van der Waals surface area (Å²) in [6.07, 6.45) is 11.2. The summed E-state index contributed by atoms with van der Waals surface area (Å²) in [7, 11) is 0. The number of halogens is 2. The third-order valence-electron chi connectivity index (χ3n) is 4.52. The molecule has 20 heavy (non-hydrogen) atoms. The molecule has 3 rings (SSSR count). The molecule has 1 aromatic rings. The Morgan fingerprint density at radius 2 is 1.95 bits per heavy atom. The van der Waals surface area contributed by atoms with Crippen LogP contribution in [0.2, 0.25) is 0 Å². The minimum Gasteiger partial charge on any atom is -0.204 e. The van der Waals surface area contributed by atoms with Crippen molar-refractivity contribution in [1.29, 1.82) is 0 Å². The first-order valence-electron chi connectivity index (χ1n) is 7.55. The maximum atomic E-state index is 13.3. The van der Waals surface area contributed by atoms with Gasteiger partial charge in [0.15, 0.2) is 11.6 Å². The van der Waals surface area contributed by atoms with Crippen LogP contribution in [0.25, 0.3) is 6.08 Å². The van der Waals surface area contributed by atoms with E-state index in [0.717, 1.165) is 36.3 Å². The van der Waals surface area contributed by atoms with Crippen molar-refractivity contribution in [2.24, 2.45) is 5.92 Å². The molecule has 0 saturated heterocycles. The number of hydrogen-bond acceptors (Lipinski definition) is 0. The fourth-order valence-electron chi connectivity index (χ4n) is 3.39. The van der Waals surface area contributed by atoms with Crippen molar-refractivity contribution < 1.29 is 8.78 Å². The second-order valence-electron chi connectivity index (χ2n) is 5.97. The molecule has 0 amide bonds. The van der Waals surface area contributed by atoms with Gasteiger partial charge in [-0.15, -0.1) is 0 Å². The zero-order valence-electron chi connectivity index (χ0n) is 11.9. The van der Waals surface area contributed by atoms with Crippen molar-refractivity contribution in [3.63, 3.8) is 0 Å². The van der Waals surface area contributed by atoms with E-state index >= 15 is 0 Å². The van der Waals surface area contributed by atoms with Gasteiger partial charge in [0.05, 0.1) is 0 Å². The molecule has 0 N–H and O–H groups in total. The molecule has 1 atom stereocenters. The van der Waals surface area contributed by atoms with Gasteiger partial charge < -0.3 is 0 Å². The zero-order valence-corrected chi connectivity index (χ0v) is 11.9. The molecule has 0 nitrogen and oxygen atoms in total. The third kappa shape index (κ3) is 2.56. The summed E-state index contributed by atoms with van der Waals surface area (Å²) in [5, 5.41) is 0. The maximum absolute atomic E-state index is 13.3. The molecule has 0 aromatic heterocycles. The highest BCUT2D eigenvalue weighted by Crippen LogP contribution is 2.36. The van der Waals surface area contributed by atoms with E-state index in [1.807, 2.05) is 6.08 Å². The highest BCUT2D eigenvalue weighted by Gasteiger charge is 2.21. The van der Waals surface area contributed by atoms with E-state index in [2.05, 4.69) is 13.0 Å². The summed E-state index contributed by atoms with van der Waals surface area (Å²) >= 11 is 0. The number of benzene rings is 1. The van der Waals surface area contributed by atoms with Crippen molar-refractivity contribution in [3.8, 4) is 0 Å². The van der Waals surface area contributed by atoms with Gasteiger partial charge in [-0.2, -0.15) is 0 Å². The van der Waals surface area contributed by atoms with Crippen LogP contribution >= 0.6 is 0 Å². The Morgan fingerprint density at radius 1 is 1.15 bits per heavy atom. The summed E-state index contributed by atoms with van der Waals surface area (Å²) in [5.41, 5.74) is 4.39. The van der Waals surface area contributed by atoms with Crippen LogP contribution in [-0.4, -0.2) is 0 Å². The van der Waals surface area contributed by atoms with Crippen LogP contribution in [0.3, 0.4) is 0 Å². The van der Waals surface area contributed by atoms with E-state index in [1.165, 1.54) is 42.5 Å². The molecule has 2 aliphatic carbocycles. The normalized spacial score (nSPS) is 21.4. The second-order valence-corrected chi connectivity index (χ2v) is 5.97. The maximum Gasteiger partial charge on any atom is 0.159 e. The van der Waals surface area contributed by atoms with Gasteiger partial charge >= 0.3 is 0 Å². The summed E-state index contributed by atoms with van der Waals surface area (Å²) < 4.78 is 26.5. The van der Waals surface area contributed by atoms with Crippen molar-refractivity contribution in [2.45, 2.75) is 45.4 Å². The van der Waals surface area contributed by atoms with Crippen LogP contribution in [-0.2, 0) is 6.42 Å². The number of allylic oxidation sites excluding steroid dienone is 3. The largest absolute Gasteiger partial charge is 0.204 e. The first kappa shape index (κ1) is 13.5. The van der Waals surface area contributed by atoms with Crippen LogP contribution in [0.5, 0.6) is 0 Å². The van der Waals surface area contributed by atoms with Crippen molar-refractivity contribution >= 4 is 6.08 Å². The summed E-state index contributed by atoms with van der Waals surface area (Å²) in [5.74, 6) is -0.663. The average molecular weight is 274 g/mol. The fourth-order valence-corrected chi connectivity index (χ4v) is 3.39. The average Bonchev–Trinajstić information content (AvgIpc) is 2.83. The van der Waals surface area contributed by atoms with Crippen LogP contribution < -0.4 is 0 Å². The monoisotopic (exact) mass is 274 g/mol. The van der Waals surface area contributed by atoms with Gasteiger partial charge in [-0.3, -0.25) is 0 Å². The smallest absolute Gasteiger partial charge is 0.159 e. The lowest BCUT2D eigenvalue weighted by Gasteiger charge is -2.22. The Balaban J connectivity index is 1.76. The summed E-state index contributed by atoms with van der Waals surface area (Å²) in [4.78, 5) is 0. The number of rotatable bonds is 3. The topological polar surface area (TPSA) is 0 Å². The first-order valence-corrected chi connectivity index (χ1v) is 7.55. The molecule has 0 radical (unpaired) electrons. The summed E-state index contributed by atoms with van der Waals surface area (Å²) in [6.45, 7) is 2.23. The molecule has 0 saturated carbocycles. The molecule has 0 aliphatic heterocycles. The molecule has 0 heterocycles. The van der Waals surface area contributed by atoms with Gasteiger partial charge in [0.25, 0.3) is 0 Å². The van der Waals surface area contributed by atoms with Crippen molar-refractivity contribution in [2.75, 3.05) is 0 Å². The first-order chi connectivity index (χ1) is 9.67. The molecule has 0 bridgehead atoms. The Labute approximate surface area is 119 Å². The van der Waals surface area contributed by atoms with Gasteiger partial charge in [-0.25, -0.2) is 8.78 Å². The van der Waals surface area contributed by atoms with Gasteiger partial charge in [-0.1, -0.05) is 31.9 Å². The molecular formula is C18H20F2. The minimum atomic E-state index is -0.748. The van der Waals surface area contributed by atoms with Crippen LogP contribution in [0.4, 0.5) is 8.78 Å². The van der Waals surface area contributed by atoms with Crippen LogP contribution in [0, 0.1) is 17.6 Å². The van der Waals surface area contributed by atoms with Crippen LogP contribution in [0.1, 0.15) is 50.2 Å². The Bertz CT molecular complexity index is 581. The molecule has 2 heteroatoms. The second kappa shape index (κ2) is 5.51. The van der Waals surface area contributed by atoms with E-state index in [-0.39, 0.29) is 0 Å². The Kier molecular flexibility index (Phi) is 3.73. The molecule has 1 aromatic carbocycles. The lowest BCUT2D eigenvalue weighted by molar-refractivity contribution is 0.434. The third-order valence-corrected chi connectivity index (χ3v) is 4.52. The zero-order chi connectivity index (χ0) is 14.1. The van der Waals surface area contributed by atoms with Gasteiger partial charge in [0, 0.05) is 0 Å². The Hall–Kier alpha value is -1.44. The molecule has 106 valence electrons. The standard InChI is InChI=1S/C18H20F2/c1-2-3-12-4-6-13(7-5-12)14-8-15-10-17(19)18(20)11-16(15)9-14/h6,8,10-12H,2-5,7,9H2,1H3. The molecule has 0 spiro atoms. The lowest BCUT2D eigenvalue weighted by atomic mass is 9.84. The van der Waals surface area contributed by atoms with Crippen molar-refractivity contribution in [3.05, 3.63) is 52.1 Å². The van der Waals surface area contributed by atoms with Gasteiger partial charge in [0.2, 0.25) is 0 Å². The van der Waals surface area contributed by atoms with Gasteiger partial charge in [0.1, 0.15) is 0 Å². The molecule has 2 aliphatic rings. The van der Waals surface area contributed by atoms with E-state index in [9.17, 15) is 8.78 Å². The molecule has 0 fully saturated rings. The van der Waals surface area contributed by atoms with Crippen LogP contribution in [0.15, 0.2) is 29.4 Å². The highest BCUT2D eigenvalue weighted by atomic mass is 19.2. The van der Waals surface area contributed by atoms with E-state index in [4.69, 9.17) is 0 Å². The number of fused-ring (bicyclic) bond motifs is 1. The predicted molar refractivity (Wildman–Crippen MR) is 78.4 cm³/mol. The quantitative estimate of drug-likeness (QED) is 0.689.